The van der Waals surface area contributed by atoms with E-state index in [-0.39, 0.29) is 11.9 Å². The van der Waals surface area contributed by atoms with Crippen molar-refractivity contribution in [2.24, 2.45) is 5.92 Å². The van der Waals surface area contributed by atoms with Crippen molar-refractivity contribution in [3.05, 3.63) is 64.7 Å². The van der Waals surface area contributed by atoms with Crippen LogP contribution < -0.4 is 4.74 Å². The molecule has 0 N–H and O–H groups in total. The number of carbonyl (C=O) groups is 1. The molecule has 0 fully saturated rings. The molecule has 0 amide bonds. The molecule has 0 spiro atoms. The Morgan fingerprint density at radius 3 is 2.65 bits per heavy atom. The molecule has 3 rings (SSSR count). The normalized spacial score (nSPS) is 11.0. The first kappa shape index (κ1) is 18.1. The van der Waals surface area contributed by atoms with E-state index in [1.807, 2.05) is 51.1 Å². The van der Waals surface area contributed by atoms with Crippen LogP contribution in [0.2, 0.25) is 5.02 Å². The second-order valence-electron chi connectivity index (χ2n) is 6.47. The van der Waals surface area contributed by atoms with Crippen LogP contribution in [-0.4, -0.2) is 27.3 Å². The molecule has 0 aliphatic heterocycles. The maximum atomic E-state index is 13.1. The van der Waals surface area contributed by atoms with Gasteiger partial charge >= 0.3 is 6.01 Å². The summed E-state index contributed by atoms with van der Waals surface area (Å²) < 4.78 is 6.91. The molecular formula is C20H20ClN3O2. The summed E-state index contributed by atoms with van der Waals surface area (Å²) in [4.78, 5) is 17.5. The molecular weight excluding hydrogens is 350 g/mol. The van der Waals surface area contributed by atoms with Gasteiger partial charge in [0.2, 0.25) is 0 Å². The minimum Gasteiger partial charge on any atom is -0.462 e. The molecule has 1 heterocycles. The van der Waals surface area contributed by atoms with Gasteiger partial charge in [0.15, 0.2) is 5.82 Å². The zero-order valence-electron chi connectivity index (χ0n) is 14.9. The van der Waals surface area contributed by atoms with Crippen molar-refractivity contribution in [1.82, 2.24) is 14.8 Å². The van der Waals surface area contributed by atoms with E-state index in [0.29, 0.717) is 34.5 Å². The third-order valence-electron chi connectivity index (χ3n) is 3.78. The lowest BCUT2D eigenvalue weighted by Crippen LogP contribution is -2.16. The number of ether oxygens (including phenoxy) is 1. The minimum absolute atomic E-state index is 0.176. The lowest BCUT2D eigenvalue weighted by Gasteiger charge is -2.07. The largest absolute Gasteiger partial charge is 0.462 e. The van der Waals surface area contributed by atoms with Crippen LogP contribution in [0.5, 0.6) is 6.01 Å². The first-order chi connectivity index (χ1) is 12.5. The Bertz CT molecular complexity index is 934. The van der Waals surface area contributed by atoms with Crippen molar-refractivity contribution in [3.8, 4) is 17.4 Å². The molecule has 1 aromatic heterocycles. The topological polar surface area (TPSA) is 57.0 Å². The average molecular weight is 370 g/mol. The smallest absolute Gasteiger partial charge is 0.336 e. The summed E-state index contributed by atoms with van der Waals surface area (Å²) in [5, 5.41) is 4.86. The van der Waals surface area contributed by atoms with Crippen molar-refractivity contribution in [2.45, 2.75) is 20.8 Å². The number of hydrogen-bond acceptors (Lipinski definition) is 4. The van der Waals surface area contributed by atoms with E-state index in [9.17, 15) is 4.79 Å². The fraction of sp³-hybridized carbons (Fsp3) is 0.250. The minimum atomic E-state index is -0.259. The lowest BCUT2D eigenvalue weighted by molar-refractivity contribution is 0.0944. The molecule has 3 aromatic rings. The van der Waals surface area contributed by atoms with E-state index in [4.69, 9.17) is 16.3 Å². The summed E-state index contributed by atoms with van der Waals surface area (Å²) in [5.41, 5.74) is 2.14. The molecule has 2 aromatic carbocycles. The lowest BCUT2D eigenvalue weighted by atomic mass is 10.1. The Hall–Kier alpha value is -2.66. The summed E-state index contributed by atoms with van der Waals surface area (Å²) in [5.74, 6) is 0.466. The molecule has 0 unspecified atom stereocenters. The second-order valence-corrected chi connectivity index (χ2v) is 6.90. The monoisotopic (exact) mass is 369 g/mol. The van der Waals surface area contributed by atoms with Gasteiger partial charge in [0.1, 0.15) is 0 Å². The Morgan fingerprint density at radius 2 is 1.96 bits per heavy atom. The first-order valence-corrected chi connectivity index (χ1v) is 8.79. The predicted molar refractivity (Wildman–Crippen MR) is 102 cm³/mol. The van der Waals surface area contributed by atoms with Gasteiger partial charge in [-0.15, -0.1) is 5.10 Å². The standard InChI is InChI=1S/C20H20ClN3O2/c1-13(2)12-26-20-22-18(15-8-6-9-16(21)11-15)24(23-20)19(25)17-10-5-4-7-14(17)3/h4-11,13H,12H2,1-3H3. The molecule has 0 radical (unpaired) electrons. The predicted octanol–water partition coefficient (Wildman–Crippen LogP) is 4.63. The van der Waals surface area contributed by atoms with E-state index in [0.717, 1.165) is 5.56 Å². The number of aryl methyl sites for hydroxylation is 1. The third kappa shape index (κ3) is 3.94. The summed E-state index contributed by atoms with van der Waals surface area (Å²) >= 11 is 6.10. The van der Waals surface area contributed by atoms with E-state index < -0.39 is 0 Å². The maximum absolute atomic E-state index is 13.1. The van der Waals surface area contributed by atoms with Crippen molar-refractivity contribution in [3.63, 3.8) is 0 Å². The van der Waals surface area contributed by atoms with E-state index in [1.54, 1.807) is 18.2 Å². The Kier molecular flexibility index (Phi) is 5.38. The number of nitrogens with zero attached hydrogens (tertiary/aromatic N) is 3. The average Bonchev–Trinajstić information content (AvgIpc) is 3.04. The number of carbonyl (C=O) groups excluding carboxylic acids is 1. The van der Waals surface area contributed by atoms with Gasteiger partial charge in [0.05, 0.1) is 6.61 Å². The molecule has 0 aliphatic rings. The number of hydrogen-bond donors (Lipinski definition) is 0. The zero-order valence-corrected chi connectivity index (χ0v) is 15.7. The van der Waals surface area contributed by atoms with Crippen molar-refractivity contribution >= 4 is 17.5 Å². The second kappa shape index (κ2) is 7.70. The molecule has 0 saturated heterocycles. The highest BCUT2D eigenvalue weighted by atomic mass is 35.5. The first-order valence-electron chi connectivity index (χ1n) is 8.42. The van der Waals surface area contributed by atoms with Gasteiger partial charge in [-0.1, -0.05) is 55.8 Å². The van der Waals surface area contributed by atoms with Gasteiger partial charge in [-0.05, 0) is 36.6 Å². The summed E-state index contributed by atoms with van der Waals surface area (Å²) in [7, 11) is 0. The molecule has 5 nitrogen and oxygen atoms in total. The molecule has 6 heteroatoms. The highest BCUT2D eigenvalue weighted by Gasteiger charge is 2.21. The van der Waals surface area contributed by atoms with Gasteiger partial charge in [-0.3, -0.25) is 4.79 Å². The van der Waals surface area contributed by atoms with Crippen LogP contribution in [0.4, 0.5) is 0 Å². The highest BCUT2D eigenvalue weighted by Crippen LogP contribution is 2.24. The Morgan fingerprint density at radius 1 is 1.19 bits per heavy atom. The number of aromatic nitrogens is 3. The van der Waals surface area contributed by atoms with Crippen molar-refractivity contribution in [1.29, 1.82) is 0 Å². The van der Waals surface area contributed by atoms with Crippen LogP contribution in [0, 0.1) is 12.8 Å². The molecule has 0 saturated carbocycles. The van der Waals surface area contributed by atoms with Gasteiger partial charge in [-0.2, -0.15) is 9.67 Å². The summed E-state index contributed by atoms with van der Waals surface area (Å²) in [6.07, 6.45) is 0. The number of benzene rings is 2. The van der Waals surface area contributed by atoms with Crippen LogP contribution in [0.3, 0.4) is 0 Å². The molecule has 26 heavy (non-hydrogen) atoms. The fourth-order valence-electron chi connectivity index (χ4n) is 2.48. The molecule has 0 atom stereocenters. The zero-order chi connectivity index (χ0) is 18.7. The van der Waals surface area contributed by atoms with Gasteiger partial charge in [-0.25, -0.2) is 0 Å². The quantitative estimate of drug-likeness (QED) is 0.657. The Labute approximate surface area is 157 Å². The van der Waals surface area contributed by atoms with Crippen LogP contribution in [-0.2, 0) is 0 Å². The summed E-state index contributed by atoms with van der Waals surface area (Å²) in [6.45, 7) is 6.43. The van der Waals surface area contributed by atoms with Gasteiger partial charge in [0.25, 0.3) is 5.91 Å². The van der Waals surface area contributed by atoms with E-state index in [2.05, 4.69) is 10.1 Å². The number of halogens is 1. The fourth-order valence-corrected chi connectivity index (χ4v) is 2.67. The third-order valence-corrected chi connectivity index (χ3v) is 4.02. The van der Waals surface area contributed by atoms with E-state index in [1.165, 1.54) is 4.68 Å². The number of rotatable bonds is 5. The van der Waals surface area contributed by atoms with Gasteiger partial charge < -0.3 is 4.74 Å². The molecule has 0 aliphatic carbocycles. The van der Waals surface area contributed by atoms with Crippen LogP contribution in [0.25, 0.3) is 11.4 Å². The molecule has 0 bridgehead atoms. The Balaban J connectivity index is 2.07. The van der Waals surface area contributed by atoms with Crippen molar-refractivity contribution in [2.75, 3.05) is 6.61 Å². The van der Waals surface area contributed by atoms with E-state index >= 15 is 0 Å². The van der Waals surface area contributed by atoms with Crippen molar-refractivity contribution < 1.29 is 9.53 Å². The summed E-state index contributed by atoms with van der Waals surface area (Å²) in [6, 6.07) is 14.7. The van der Waals surface area contributed by atoms with Crippen LogP contribution in [0.15, 0.2) is 48.5 Å². The maximum Gasteiger partial charge on any atom is 0.336 e. The SMILES string of the molecule is Cc1ccccc1C(=O)n1nc(OCC(C)C)nc1-c1cccc(Cl)c1. The van der Waals surface area contributed by atoms with Gasteiger partial charge in [0, 0.05) is 16.1 Å². The van der Waals surface area contributed by atoms with Crippen LogP contribution in [0.1, 0.15) is 29.8 Å². The van der Waals surface area contributed by atoms with Crippen LogP contribution >= 0.6 is 11.6 Å². The molecule has 134 valence electrons. The highest BCUT2D eigenvalue weighted by molar-refractivity contribution is 6.30.